The van der Waals surface area contributed by atoms with Crippen molar-refractivity contribution in [3.8, 4) is 28.8 Å². The van der Waals surface area contributed by atoms with Crippen LogP contribution in [0.3, 0.4) is 0 Å². The average molecular weight is 484 g/mol. The van der Waals surface area contributed by atoms with Gasteiger partial charge in [-0.1, -0.05) is 17.7 Å². The molecule has 2 aromatic heterocycles. The zero-order chi connectivity index (χ0) is 24.3. The summed E-state index contributed by atoms with van der Waals surface area (Å²) in [6.45, 7) is 3.85. The predicted octanol–water partition coefficient (Wildman–Crippen LogP) is 2.78. The molecule has 2 heterocycles. The minimum atomic E-state index is -3.65. The molecule has 0 radical (unpaired) electrons. The molecule has 2 aromatic carbocycles. The normalized spacial score (nSPS) is 11.5. The van der Waals surface area contributed by atoms with Crippen molar-refractivity contribution in [3.05, 3.63) is 59.7 Å². The second-order valence-electron chi connectivity index (χ2n) is 7.55. The van der Waals surface area contributed by atoms with E-state index in [2.05, 4.69) is 20.0 Å². The van der Waals surface area contributed by atoms with Gasteiger partial charge in [-0.3, -0.25) is 0 Å². The summed E-state index contributed by atoms with van der Waals surface area (Å²) in [6, 6.07) is 13.9. The number of rotatable bonds is 9. The lowest BCUT2D eigenvalue weighted by molar-refractivity contribution is 0.306. The van der Waals surface area contributed by atoms with E-state index in [9.17, 15) is 8.42 Å². The molecule has 1 N–H and O–H groups in total. The maximum absolute atomic E-state index is 12.6. The van der Waals surface area contributed by atoms with Crippen LogP contribution in [0.25, 0.3) is 17.0 Å². The molecule has 0 saturated carbocycles. The van der Waals surface area contributed by atoms with Crippen LogP contribution >= 0.6 is 0 Å². The van der Waals surface area contributed by atoms with Gasteiger partial charge in [0.2, 0.25) is 15.9 Å². The Morgan fingerprint density at radius 2 is 1.79 bits per heavy atom. The van der Waals surface area contributed by atoms with Crippen LogP contribution in [0.15, 0.2) is 53.4 Å². The van der Waals surface area contributed by atoms with Crippen LogP contribution in [0.4, 0.5) is 0 Å². The van der Waals surface area contributed by atoms with Gasteiger partial charge in [-0.15, -0.1) is 15.3 Å². The van der Waals surface area contributed by atoms with Crippen LogP contribution in [0.5, 0.6) is 17.4 Å². The van der Waals surface area contributed by atoms with Crippen molar-refractivity contribution >= 4 is 15.7 Å². The van der Waals surface area contributed by atoms with Crippen LogP contribution in [0.2, 0.25) is 0 Å². The van der Waals surface area contributed by atoms with Crippen molar-refractivity contribution in [2.45, 2.75) is 18.7 Å². The van der Waals surface area contributed by atoms with Gasteiger partial charge in [-0.25, -0.2) is 13.1 Å². The number of sulfonamides is 1. The average Bonchev–Trinajstić information content (AvgIpc) is 3.24. The molecule has 0 fully saturated rings. The predicted molar refractivity (Wildman–Crippen MR) is 126 cm³/mol. The number of hydrogen-bond donors (Lipinski definition) is 1. The Morgan fingerprint density at radius 1 is 0.971 bits per heavy atom. The molecule has 34 heavy (non-hydrogen) atoms. The number of fused-ring (bicyclic) bond motifs is 1. The molecule has 0 saturated heterocycles. The SMILES string of the molecule is COc1ccc(OC)c(-c2nnc3ccc(OCCNS(=O)(=O)c4ccc(C)cc4C)nn23)c1. The number of aryl methyl sites for hydroxylation is 2. The van der Waals surface area contributed by atoms with E-state index in [-0.39, 0.29) is 18.0 Å². The minimum absolute atomic E-state index is 0.0775. The van der Waals surface area contributed by atoms with Crippen LogP contribution in [0, 0.1) is 13.8 Å². The highest BCUT2D eigenvalue weighted by molar-refractivity contribution is 7.89. The van der Waals surface area contributed by atoms with Crippen LogP contribution in [-0.4, -0.2) is 55.6 Å². The van der Waals surface area contributed by atoms with E-state index in [0.29, 0.717) is 40.0 Å². The molecule has 0 aliphatic carbocycles. The van der Waals surface area contributed by atoms with Crippen LogP contribution in [0.1, 0.15) is 11.1 Å². The quantitative estimate of drug-likeness (QED) is 0.361. The topological polar surface area (TPSA) is 117 Å². The Kier molecular flexibility index (Phi) is 6.66. The highest BCUT2D eigenvalue weighted by atomic mass is 32.2. The fourth-order valence-corrected chi connectivity index (χ4v) is 4.75. The molecule has 0 spiro atoms. The zero-order valence-corrected chi connectivity index (χ0v) is 20.1. The molecule has 0 amide bonds. The van der Waals surface area contributed by atoms with Gasteiger partial charge < -0.3 is 14.2 Å². The van der Waals surface area contributed by atoms with Gasteiger partial charge in [0.1, 0.15) is 18.1 Å². The van der Waals surface area contributed by atoms with Gasteiger partial charge in [0.25, 0.3) is 0 Å². The van der Waals surface area contributed by atoms with E-state index in [1.165, 1.54) is 4.52 Å². The Bertz CT molecular complexity index is 1440. The third-order valence-corrected chi connectivity index (χ3v) is 6.77. The summed E-state index contributed by atoms with van der Waals surface area (Å²) >= 11 is 0. The van der Waals surface area contributed by atoms with E-state index in [1.807, 2.05) is 13.0 Å². The van der Waals surface area contributed by atoms with E-state index in [4.69, 9.17) is 14.2 Å². The Morgan fingerprint density at radius 3 is 2.53 bits per heavy atom. The molecule has 4 rings (SSSR count). The second kappa shape index (κ2) is 9.65. The summed E-state index contributed by atoms with van der Waals surface area (Å²) in [5.74, 6) is 1.97. The molecule has 0 aliphatic rings. The zero-order valence-electron chi connectivity index (χ0n) is 19.3. The number of aromatic nitrogens is 4. The first kappa shape index (κ1) is 23.5. The molecular weight excluding hydrogens is 458 g/mol. The lowest BCUT2D eigenvalue weighted by Gasteiger charge is -2.11. The van der Waals surface area contributed by atoms with Crippen molar-refractivity contribution in [3.63, 3.8) is 0 Å². The van der Waals surface area contributed by atoms with E-state index in [0.717, 1.165) is 5.56 Å². The van der Waals surface area contributed by atoms with Gasteiger partial charge in [-0.05, 0) is 49.7 Å². The molecule has 0 unspecified atom stereocenters. The fraction of sp³-hybridized carbons (Fsp3) is 0.261. The van der Waals surface area contributed by atoms with E-state index < -0.39 is 10.0 Å². The Labute approximate surface area is 197 Å². The first-order valence-corrected chi connectivity index (χ1v) is 12.0. The third-order valence-electron chi connectivity index (χ3n) is 5.15. The van der Waals surface area contributed by atoms with E-state index in [1.54, 1.807) is 63.6 Å². The lowest BCUT2D eigenvalue weighted by atomic mass is 10.2. The summed E-state index contributed by atoms with van der Waals surface area (Å²) in [4.78, 5) is 0.249. The third kappa shape index (κ3) is 4.80. The number of methoxy groups -OCH3 is 2. The van der Waals surface area contributed by atoms with Gasteiger partial charge >= 0.3 is 0 Å². The Hall–Kier alpha value is -3.70. The summed E-state index contributed by atoms with van der Waals surface area (Å²) in [5, 5.41) is 12.8. The molecule has 178 valence electrons. The smallest absolute Gasteiger partial charge is 0.240 e. The molecule has 0 aliphatic heterocycles. The number of hydrogen-bond acceptors (Lipinski definition) is 8. The first-order valence-electron chi connectivity index (χ1n) is 10.5. The monoisotopic (exact) mass is 483 g/mol. The lowest BCUT2D eigenvalue weighted by Crippen LogP contribution is -2.29. The largest absolute Gasteiger partial charge is 0.497 e. The number of ether oxygens (including phenoxy) is 3. The fourth-order valence-electron chi connectivity index (χ4n) is 3.52. The number of nitrogens with zero attached hydrogens (tertiary/aromatic N) is 4. The number of nitrogens with one attached hydrogen (secondary N) is 1. The summed E-state index contributed by atoms with van der Waals surface area (Å²) in [5.41, 5.74) is 2.86. The van der Waals surface area contributed by atoms with Crippen molar-refractivity contribution in [2.24, 2.45) is 0 Å². The van der Waals surface area contributed by atoms with Gasteiger partial charge in [0.05, 0.1) is 24.7 Å². The maximum atomic E-state index is 12.6. The van der Waals surface area contributed by atoms with Crippen LogP contribution in [-0.2, 0) is 10.0 Å². The van der Waals surface area contributed by atoms with Crippen molar-refractivity contribution in [1.82, 2.24) is 24.5 Å². The highest BCUT2D eigenvalue weighted by Crippen LogP contribution is 2.32. The molecule has 10 nitrogen and oxygen atoms in total. The number of benzene rings is 2. The van der Waals surface area contributed by atoms with Crippen LogP contribution < -0.4 is 18.9 Å². The second-order valence-corrected chi connectivity index (χ2v) is 9.28. The van der Waals surface area contributed by atoms with Crippen molar-refractivity contribution in [2.75, 3.05) is 27.4 Å². The first-order chi connectivity index (χ1) is 16.3. The van der Waals surface area contributed by atoms with Crippen molar-refractivity contribution < 1.29 is 22.6 Å². The van der Waals surface area contributed by atoms with Gasteiger partial charge in [0.15, 0.2) is 11.5 Å². The van der Waals surface area contributed by atoms with Crippen molar-refractivity contribution in [1.29, 1.82) is 0 Å². The standard InChI is InChI=1S/C23H25N5O5S/c1-15-5-8-20(16(2)13-15)34(29,30)24-11-12-33-22-10-9-21-25-26-23(28(21)27-22)18-14-17(31-3)6-7-19(18)32-4/h5-10,13-14,24H,11-12H2,1-4H3. The summed E-state index contributed by atoms with van der Waals surface area (Å²) in [7, 11) is -0.506. The molecule has 11 heteroatoms. The molecule has 0 bridgehead atoms. The minimum Gasteiger partial charge on any atom is -0.497 e. The van der Waals surface area contributed by atoms with Gasteiger partial charge in [-0.2, -0.15) is 4.52 Å². The summed E-state index contributed by atoms with van der Waals surface area (Å²) < 4.78 is 45.8. The molecular formula is C23H25N5O5S. The van der Waals surface area contributed by atoms with Gasteiger partial charge in [0, 0.05) is 12.6 Å². The summed E-state index contributed by atoms with van der Waals surface area (Å²) in [6.07, 6.45) is 0. The highest BCUT2D eigenvalue weighted by Gasteiger charge is 2.18. The molecule has 0 atom stereocenters. The molecule has 4 aromatic rings. The maximum Gasteiger partial charge on any atom is 0.240 e. The Balaban J connectivity index is 1.49. The van der Waals surface area contributed by atoms with E-state index >= 15 is 0 Å².